The molecule has 0 bridgehead atoms. The maximum atomic E-state index is 12.1. The second-order valence-electron chi connectivity index (χ2n) is 4.48. The number of H-pyrrole nitrogens is 1. The molecule has 3 N–H and O–H groups in total. The minimum Gasteiger partial charge on any atom is -0.477 e. The first kappa shape index (κ1) is 14.1. The Balaban J connectivity index is 2.30. The largest absolute Gasteiger partial charge is 0.477 e. The summed E-state index contributed by atoms with van der Waals surface area (Å²) in [7, 11) is 0. The van der Waals surface area contributed by atoms with Crippen LogP contribution in [0.25, 0.3) is 0 Å². The number of amides is 1. The van der Waals surface area contributed by atoms with E-state index < -0.39 is 11.9 Å². The number of nitrogens with one attached hydrogen (secondary N) is 2. The molecule has 20 heavy (non-hydrogen) atoms. The number of anilines is 1. The van der Waals surface area contributed by atoms with Crippen LogP contribution in [-0.4, -0.2) is 22.0 Å². The number of benzene rings is 1. The van der Waals surface area contributed by atoms with Gasteiger partial charge in [-0.25, -0.2) is 4.79 Å². The number of rotatable bonds is 3. The Bertz CT molecular complexity index is 692. The number of hydrogen-bond donors (Lipinski definition) is 3. The highest BCUT2D eigenvalue weighted by atomic mass is 35.5. The van der Waals surface area contributed by atoms with Crippen molar-refractivity contribution in [3.05, 3.63) is 51.8 Å². The second kappa shape index (κ2) is 5.38. The minimum absolute atomic E-state index is 0.0564. The molecule has 6 heteroatoms. The van der Waals surface area contributed by atoms with Gasteiger partial charge >= 0.3 is 5.97 Å². The molecule has 0 fully saturated rings. The van der Waals surface area contributed by atoms with Gasteiger partial charge in [-0.05, 0) is 37.6 Å². The van der Waals surface area contributed by atoms with E-state index in [0.717, 1.165) is 5.56 Å². The normalized spacial score (nSPS) is 10.3. The summed E-state index contributed by atoms with van der Waals surface area (Å²) < 4.78 is 0. The van der Waals surface area contributed by atoms with Crippen molar-refractivity contribution in [2.75, 3.05) is 5.32 Å². The summed E-state index contributed by atoms with van der Waals surface area (Å²) >= 11 is 6.01. The Morgan fingerprint density at radius 2 is 1.95 bits per heavy atom. The number of aromatic carboxylic acids is 1. The molecule has 0 atom stereocenters. The van der Waals surface area contributed by atoms with Crippen LogP contribution in [0.15, 0.2) is 24.3 Å². The average molecular weight is 293 g/mol. The lowest BCUT2D eigenvalue weighted by molar-refractivity contribution is 0.0692. The maximum Gasteiger partial charge on any atom is 0.354 e. The second-order valence-corrected chi connectivity index (χ2v) is 4.89. The van der Waals surface area contributed by atoms with E-state index in [-0.39, 0.29) is 11.4 Å². The third-order valence-corrected chi connectivity index (χ3v) is 3.10. The van der Waals surface area contributed by atoms with Crippen molar-refractivity contribution >= 4 is 29.2 Å². The Kier molecular flexibility index (Phi) is 3.81. The quantitative estimate of drug-likeness (QED) is 0.812. The molecule has 1 heterocycles. The Morgan fingerprint density at radius 3 is 2.55 bits per heavy atom. The fourth-order valence-corrected chi connectivity index (χ4v) is 2.17. The maximum absolute atomic E-state index is 12.1. The molecule has 2 rings (SSSR count). The molecule has 1 amide bonds. The average Bonchev–Trinajstić information content (AvgIpc) is 2.70. The van der Waals surface area contributed by atoms with E-state index >= 15 is 0 Å². The van der Waals surface area contributed by atoms with Gasteiger partial charge in [0.05, 0.1) is 16.3 Å². The van der Waals surface area contributed by atoms with E-state index in [1.165, 1.54) is 0 Å². The lowest BCUT2D eigenvalue weighted by Gasteiger charge is -2.06. The summed E-state index contributed by atoms with van der Waals surface area (Å²) in [6.07, 6.45) is 0. The predicted octanol–water partition coefficient (Wildman–Crippen LogP) is 3.24. The monoisotopic (exact) mass is 292 g/mol. The molecule has 0 saturated heterocycles. The van der Waals surface area contributed by atoms with Crippen molar-refractivity contribution in [2.45, 2.75) is 13.8 Å². The molecule has 0 aliphatic carbocycles. The number of carbonyl (C=O) groups excluding carboxylic acids is 1. The van der Waals surface area contributed by atoms with Crippen molar-refractivity contribution in [1.82, 2.24) is 4.98 Å². The SMILES string of the molecule is Cc1ccc(C(=O)Nc2cc(C)[nH]c2C(=O)O)c(Cl)c1. The van der Waals surface area contributed by atoms with Gasteiger partial charge < -0.3 is 15.4 Å². The third-order valence-electron chi connectivity index (χ3n) is 2.78. The molecule has 0 saturated carbocycles. The van der Waals surface area contributed by atoms with Gasteiger partial charge in [0.2, 0.25) is 0 Å². The van der Waals surface area contributed by atoms with Crippen LogP contribution in [0, 0.1) is 13.8 Å². The van der Waals surface area contributed by atoms with E-state index in [1.807, 2.05) is 6.92 Å². The topological polar surface area (TPSA) is 82.2 Å². The number of carboxylic acids is 1. The van der Waals surface area contributed by atoms with Crippen molar-refractivity contribution in [3.63, 3.8) is 0 Å². The van der Waals surface area contributed by atoms with Crippen LogP contribution in [0.4, 0.5) is 5.69 Å². The van der Waals surface area contributed by atoms with Crippen LogP contribution in [0.5, 0.6) is 0 Å². The molecule has 0 radical (unpaired) electrons. The number of carbonyl (C=O) groups is 2. The molecule has 0 aliphatic rings. The van der Waals surface area contributed by atoms with E-state index in [4.69, 9.17) is 16.7 Å². The highest BCUT2D eigenvalue weighted by Crippen LogP contribution is 2.21. The number of halogens is 1. The van der Waals surface area contributed by atoms with Gasteiger partial charge in [0.1, 0.15) is 5.69 Å². The van der Waals surface area contributed by atoms with Crippen LogP contribution >= 0.6 is 11.6 Å². The summed E-state index contributed by atoms with van der Waals surface area (Å²) in [6, 6.07) is 6.61. The summed E-state index contributed by atoms with van der Waals surface area (Å²) in [5.74, 6) is -1.58. The molecule has 0 aliphatic heterocycles. The van der Waals surface area contributed by atoms with Crippen molar-refractivity contribution in [3.8, 4) is 0 Å². The highest BCUT2D eigenvalue weighted by Gasteiger charge is 2.17. The number of aryl methyl sites for hydroxylation is 2. The molecule has 1 aromatic heterocycles. The first-order valence-corrected chi connectivity index (χ1v) is 6.26. The lowest BCUT2D eigenvalue weighted by atomic mass is 10.1. The minimum atomic E-state index is -1.14. The van der Waals surface area contributed by atoms with Crippen molar-refractivity contribution in [2.24, 2.45) is 0 Å². The third kappa shape index (κ3) is 2.83. The molecule has 0 spiro atoms. The van der Waals surface area contributed by atoms with Gasteiger partial charge in [-0.15, -0.1) is 0 Å². The Morgan fingerprint density at radius 1 is 1.25 bits per heavy atom. The van der Waals surface area contributed by atoms with Crippen LogP contribution in [-0.2, 0) is 0 Å². The first-order chi connectivity index (χ1) is 9.38. The van der Waals surface area contributed by atoms with Gasteiger partial charge in [-0.3, -0.25) is 4.79 Å². The van der Waals surface area contributed by atoms with Crippen LogP contribution in [0.1, 0.15) is 32.1 Å². The van der Waals surface area contributed by atoms with Gasteiger partial charge in [0, 0.05) is 5.69 Å². The smallest absolute Gasteiger partial charge is 0.354 e. The summed E-state index contributed by atoms with van der Waals surface area (Å²) in [5.41, 5.74) is 2.05. The van der Waals surface area contributed by atoms with E-state index in [2.05, 4.69) is 10.3 Å². The van der Waals surface area contributed by atoms with Gasteiger partial charge in [-0.1, -0.05) is 17.7 Å². The van der Waals surface area contributed by atoms with Crippen LogP contribution in [0.2, 0.25) is 5.02 Å². The summed E-state index contributed by atoms with van der Waals surface area (Å²) in [5, 5.41) is 11.9. The molecule has 104 valence electrons. The summed E-state index contributed by atoms with van der Waals surface area (Å²) in [4.78, 5) is 25.9. The zero-order valence-electron chi connectivity index (χ0n) is 11.0. The standard InChI is InChI=1S/C14H13ClN2O3/c1-7-3-4-9(10(15)5-7)13(18)17-11-6-8(2)16-12(11)14(19)20/h3-6,16H,1-2H3,(H,17,18)(H,19,20). The summed E-state index contributed by atoms with van der Waals surface area (Å²) in [6.45, 7) is 3.58. The van der Waals surface area contributed by atoms with E-state index in [9.17, 15) is 9.59 Å². The molecular formula is C14H13ClN2O3. The molecular weight excluding hydrogens is 280 g/mol. The van der Waals surface area contributed by atoms with Crippen LogP contribution in [0.3, 0.4) is 0 Å². The Hall–Kier alpha value is -2.27. The predicted molar refractivity (Wildman–Crippen MR) is 76.6 cm³/mol. The molecule has 0 unspecified atom stereocenters. The van der Waals surface area contributed by atoms with Crippen LogP contribution < -0.4 is 5.32 Å². The zero-order chi connectivity index (χ0) is 14.9. The fourth-order valence-electron chi connectivity index (χ4n) is 1.85. The number of aromatic nitrogens is 1. The van der Waals surface area contributed by atoms with E-state index in [1.54, 1.807) is 31.2 Å². The Labute approximate surface area is 120 Å². The molecule has 1 aromatic carbocycles. The van der Waals surface area contributed by atoms with Crippen molar-refractivity contribution in [1.29, 1.82) is 0 Å². The first-order valence-electron chi connectivity index (χ1n) is 5.89. The van der Waals surface area contributed by atoms with Crippen molar-refractivity contribution < 1.29 is 14.7 Å². The zero-order valence-corrected chi connectivity index (χ0v) is 11.7. The highest BCUT2D eigenvalue weighted by molar-refractivity contribution is 6.34. The number of carboxylic acid groups (broad SMARTS) is 1. The fraction of sp³-hybridized carbons (Fsp3) is 0.143. The molecule has 5 nitrogen and oxygen atoms in total. The molecule has 2 aromatic rings. The van der Waals surface area contributed by atoms with Gasteiger partial charge in [0.25, 0.3) is 5.91 Å². The van der Waals surface area contributed by atoms with Gasteiger partial charge in [-0.2, -0.15) is 0 Å². The number of hydrogen-bond acceptors (Lipinski definition) is 2. The number of aromatic amines is 1. The van der Waals surface area contributed by atoms with Gasteiger partial charge in [0.15, 0.2) is 0 Å². The van der Waals surface area contributed by atoms with E-state index in [0.29, 0.717) is 16.3 Å². The lowest BCUT2D eigenvalue weighted by Crippen LogP contribution is -2.14.